The number of nitriles is 1. The van der Waals surface area contributed by atoms with Gasteiger partial charge in [-0.15, -0.1) is 0 Å². The van der Waals surface area contributed by atoms with E-state index in [2.05, 4.69) is 0 Å². The monoisotopic (exact) mass is 189 g/mol. The number of Topliss-reactive ketones (excluding diaryl/α,β-unsaturated/α-hetero) is 1. The highest BCUT2D eigenvalue weighted by Gasteiger charge is 2.13. The van der Waals surface area contributed by atoms with E-state index in [1.807, 2.05) is 6.07 Å². The summed E-state index contributed by atoms with van der Waals surface area (Å²) in [5.74, 6) is -0.0512. The Morgan fingerprint density at radius 1 is 1.43 bits per heavy atom. The molecule has 0 bridgehead atoms. The topological polar surface area (TPSA) is 50.1 Å². The average Bonchev–Trinajstić information content (AvgIpc) is 2.27. The molecule has 0 fully saturated rings. The summed E-state index contributed by atoms with van der Waals surface area (Å²) in [5, 5.41) is 8.57. The van der Waals surface area contributed by atoms with Crippen LogP contribution in [0.3, 0.4) is 0 Å². The van der Waals surface area contributed by atoms with Crippen LogP contribution in [-0.4, -0.2) is 12.9 Å². The molecule has 0 aliphatic rings. The highest BCUT2D eigenvalue weighted by molar-refractivity contribution is 5.99. The maximum absolute atomic E-state index is 11.5. The summed E-state index contributed by atoms with van der Waals surface area (Å²) in [6.45, 7) is 1.59. The van der Waals surface area contributed by atoms with Crippen molar-refractivity contribution in [3.05, 3.63) is 29.8 Å². The second-order valence-electron chi connectivity index (χ2n) is 2.94. The van der Waals surface area contributed by atoms with Crippen molar-refractivity contribution < 1.29 is 9.53 Å². The van der Waals surface area contributed by atoms with Crippen LogP contribution in [0.2, 0.25) is 0 Å². The van der Waals surface area contributed by atoms with Crippen LogP contribution in [0.4, 0.5) is 0 Å². The van der Waals surface area contributed by atoms with Crippen LogP contribution < -0.4 is 4.74 Å². The van der Waals surface area contributed by atoms with Crippen molar-refractivity contribution in [1.82, 2.24) is 0 Å². The predicted octanol–water partition coefficient (Wildman–Crippen LogP) is 2.04. The van der Waals surface area contributed by atoms with E-state index in [-0.39, 0.29) is 5.78 Å². The molecule has 14 heavy (non-hydrogen) atoms. The molecule has 0 heterocycles. The molecule has 72 valence electrons. The Balaban J connectivity index is 2.88. The maximum Gasteiger partial charge on any atom is 0.179 e. The number of benzene rings is 1. The fourth-order valence-electron chi connectivity index (χ4n) is 1.06. The van der Waals surface area contributed by atoms with Gasteiger partial charge in [0, 0.05) is 5.56 Å². The third kappa shape index (κ3) is 2.11. The molecule has 0 aromatic heterocycles. The van der Waals surface area contributed by atoms with Crippen molar-refractivity contribution in [3.8, 4) is 11.8 Å². The first kappa shape index (κ1) is 10.3. The summed E-state index contributed by atoms with van der Waals surface area (Å²) in [7, 11) is 1.56. The summed E-state index contributed by atoms with van der Waals surface area (Å²) >= 11 is 0. The van der Waals surface area contributed by atoms with Crippen molar-refractivity contribution >= 4 is 5.78 Å². The molecule has 0 amide bonds. The van der Waals surface area contributed by atoms with E-state index in [9.17, 15) is 4.79 Å². The largest absolute Gasteiger partial charge is 0.497 e. The summed E-state index contributed by atoms with van der Waals surface area (Å²) in [5.41, 5.74) is 0.542. The Hall–Kier alpha value is -1.82. The standard InChI is InChI=1S/C11H11NO2/c1-8(7-12)11(13)9-3-5-10(14-2)6-4-9/h3-6,8H,1-2H3. The maximum atomic E-state index is 11.5. The Morgan fingerprint density at radius 3 is 2.43 bits per heavy atom. The van der Waals surface area contributed by atoms with Crippen molar-refractivity contribution in [1.29, 1.82) is 5.26 Å². The minimum Gasteiger partial charge on any atom is -0.497 e. The van der Waals surface area contributed by atoms with E-state index in [0.29, 0.717) is 11.3 Å². The number of methoxy groups -OCH3 is 1. The summed E-state index contributed by atoms with van der Waals surface area (Å²) in [6, 6.07) is 8.65. The van der Waals surface area contributed by atoms with Gasteiger partial charge in [0.1, 0.15) is 11.7 Å². The van der Waals surface area contributed by atoms with Gasteiger partial charge in [0.25, 0.3) is 0 Å². The van der Waals surface area contributed by atoms with E-state index in [1.54, 1.807) is 38.3 Å². The van der Waals surface area contributed by atoms with Crippen LogP contribution in [0.25, 0.3) is 0 Å². The van der Waals surface area contributed by atoms with Gasteiger partial charge in [-0.1, -0.05) is 0 Å². The smallest absolute Gasteiger partial charge is 0.179 e. The van der Waals surface area contributed by atoms with Crippen molar-refractivity contribution in [2.75, 3.05) is 7.11 Å². The van der Waals surface area contributed by atoms with E-state index >= 15 is 0 Å². The quantitative estimate of drug-likeness (QED) is 0.683. The molecule has 1 rings (SSSR count). The van der Waals surface area contributed by atoms with Gasteiger partial charge in [-0.25, -0.2) is 0 Å². The molecule has 1 aromatic rings. The van der Waals surface area contributed by atoms with Crippen LogP contribution in [0.1, 0.15) is 17.3 Å². The van der Waals surface area contributed by atoms with Gasteiger partial charge in [-0.3, -0.25) is 4.79 Å². The van der Waals surface area contributed by atoms with Crippen LogP contribution >= 0.6 is 0 Å². The Kier molecular flexibility index (Phi) is 3.24. The van der Waals surface area contributed by atoms with Crippen LogP contribution in [0, 0.1) is 17.2 Å². The molecule has 3 nitrogen and oxygen atoms in total. The summed E-state index contributed by atoms with van der Waals surface area (Å²) in [4.78, 5) is 11.5. The normalized spacial score (nSPS) is 11.5. The van der Waals surface area contributed by atoms with Crippen molar-refractivity contribution in [3.63, 3.8) is 0 Å². The molecule has 0 radical (unpaired) electrons. The molecular weight excluding hydrogens is 178 g/mol. The number of hydrogen-bond acceptors (Lipinski definition) is 3. The van der Waals surface area contributed by atoms with Gasteiger partial charge in [0.05, 0.1) is 13.2 Å². The number of ether oxygens (including phenoxy) is 1. The van der Waals surface area contributed by atoms with E-state index in [0.717, 1.165) is 0 Å². The van der Waals surface area contributed by atoms with Crippen LogP contribution in [0.5, 0.6) is 5.75 Å². The number of nitrogens with zero attached hydrogens (tertiary/aromatic N) is 1. The highest BCUT2D eigenvalue weighted by Crippen LogP contribution is 2.14. The second kappa shape index (κ2) is 4.43. The van der Waals surface area contributed by atoms with Gasteiger partial charge in [0.15, 0.2) is 5.78 Å². The molecule has 0 saturated carbocycles. The van der Waals surface area contributed by atoms with Gasteiger partial charge in [-0.2, -0.15) is 5.26 Å². The molecule has 0 N–H and O–H groups in total. The third-order valence-corrected chi connectivity index (χ3v) is 1.96. The van der Waals surface area contributed by atoms with Gasteiger partial charge >= 0.3 is 0 Å². The summed E-state index contributed by atoms with van der Waals surface area (Å²) < 4.78 is 4.96. The average molecular weight is 189 g/mol. The van der Waals surface area contributed by atoms with Crippen molar-refractivity contribution in [2.45, 2.75) is 6.92 Å². The molecule has 0 aliphatic carbocycles. The Morgan fingerprint density at radius 2 is 2.00 bits per heavy atom. The Labute approximate surface area is 82.9 Å². The van der Waals surface area contributed by atoms with Gasteiger partial charge in [0.2, 0.25) is 0 Å². The number of rotatable bonds is 3. The predicted molar refractivity (Wildman–Crippen MR) is 52.1 cm³/mol. The zero-order chi connectivity index (χ0) is 10.6. The number of ketones is 1. The van der Waals surface area contributed by atoms with E-state index in [4.69, 9.17) is 10.00 Å². The second-order valence-corrected chi connectivity index (χ2v) is 2.94. The number of carbonyl (C=O) groups is 1. The zero-order valence-corrected chi connectivity index (χ0v) is 8.15. The molecule has 1 atom stereocenters. The SMILES string of the molecule is COc1ccc(C(=O)C(C)C#N)cc1. The lowest BCUT2D eigenvalue weighted by Gasteiger charge is -2.03. The fraction of sp³-hybridized carbons (Fsp3) is 0.273. The third-order valence-electron chi connectivity index (χ3n) is 1.96. The first-order chi connectivity index (χ1) is 6.69. The lowest BCUT2D eigenvalue weighted by molar-refractivity contribution is 0.0956. The molecule has 3 heteroatoms. The highest BCUT2D eigenvalue weighted by atomic mass is 16.5. The molecule has 0 saturated heterocycles. The first-order valence-electron chi connectivity index (χ1n) is 4.27. The molecule has 1 aromatic carbocycles. The van der Waals surface area contributed by atoms with E-state index < -0.39 is 5.92 Å². The first-order valence-corrected chi connectivity index (χ1v) is 4.27. The Bertz CT molecular complexity index is 362. The minimum absolute atomic E-state index is 0.157. The van der Waals surface area contributed by atoms with Crippen LogP contribution in [0.15, 0.2) is 24.3 Å². The van der Waals surface area contributed by atoms with Gasteiger partial charge < -0.3 is 4.74 Å². The summed E-state index contributed by atoms with van der Waals surface area (Å²) in [6.07, 6.45) is 0. The zero-order valence-electron chi connectivity index (χ0n) is 8.15. The molecule has 1 unspecified atom stereocenters. The number of hydrogen-bond donors (Lipinski definition) is 0. The molecular formula is C11H11NO2. The lowest BCUT2D eigenvalue weighted by Crippen LogP contribution is -2.08. The van der Waals surface area contributed by atoms with E-state index in [1.165, 1.54) is 0 Å². The van der Waals surface area contributed by atoms with Crippen molar-refractivity contribution in [2.24, 2.45) is 5.92 Å². The van der Waals surface area contributed by atoms with Crippen LogP contribution in [-0.2, 0) is 0 Å². The minimum atomic E-state index is -0.594. The van der Waals surface area contributed by atoms with Gasteiger partial charge in [-0.05, 0) is 31.2 Å². The lowest BCUT2D eigenvalue weighted by atomic mass is 10.0. The molecule has 0 spiro atoms. The molecule has 0 aliphatic heterocycles. The fourth-order valence-corrected chi connectivity index (χ4v) is 1.06. The number of carbonyl (C=O) groups excluding carboxylic acids is 1.